The zero-order valence-electron chi connectivity index (χ0n) is 10.5. The lowest BCUT2D eigenvalue weighted by Crippen LogP contribution is -2.40. The fourth-order valence-electron chi connectivity index (χ4n) is 3.19. The van der Waals surface area contributed by atoms with Gasteiger partial charge in [0.25, 0.3) is 0 Å². The molecule has 0 amide bonds. The Morgan fingerprint density at radius 3 is 3.06 bits per heavy atom. The van der Waals surface area contributed by atoms with Gasteiger partial charge in [-0.2, -0.15) is 0 Å². The van der Waals surface area contributed by atoms with Crippen LogP contribution in [0.3, 0.4) is 0 Å². The van der Waals surface area contributed by atoms with Crippen molar-refractivity contribution < 1.29 is 0 Å². The average Bonchev–Trinajstić information content (AvgIpc) is 2.40. The number of nitrogens with zero attached hydrogens (tertiary/aromatic N) is 1. The zero-order chi connectivity index (χ0) is 11.5. The molecule has 1 aromatic rings. The number of nitrogens with one attached hydrogen (secondary N) is 1. The van der Waals surface area contributed by atoms with E-state index in [0.717, 1.165) is 5.92 Å². The van der Waals surface area contributed by atoms with Crippen LogP contribution < -0.4 is 10.2 Å². The molecule has 1 aromatic carbocycles. The SMILES string of the molecule is c1ccc2c(c1)CCCN2C[C@H]1CCCNC1. The van der Waals surface area contributed by atoms with Crippen LogP contribution in [0.15, 0.2) is 24.3 Å². The van der Waals surface area contributed by atoms with Crippen LogP contribution in [0.25, 0.3) is 0 Å². The molecule has 0 aromatic heterocycles. The van der Waals surface area contributed by atoms with Gasteiger partial charge >= 0.3 is 0 Å². The molecular formula is C15H22N2. The van der Waals surface area contributed by atoms with E-state index in [1.165, 1.54) is 57.5 Å². The van der Waals surface area contributed by atoms with E-state index in [1.54, 1.807) is 5.56 Å². The van der Waals surface area contributed by atoms with E-state index in [2.05, 4.69) is 34.5 Å². The first-order valence-corrected chi connectivity index (χ1v) is 6.97. The highest BCUT2D eigenvalue weighted by molar-refractivity contribution is 5.55. The van der Waals surface area contributed by atoms with Gasteiger partial charge in [0.2, 0.25) is 0 Å². The molecule has 0 radical (unpaired) electrons. The molecule has 2 aliphatic heterocycles. The highest BCUT2D eigenvalue weighted by atomic mass is 15.1. The summed E-state index contributed by atoms with van der Waals surface area (Å²) in [4.78, 5) is 2.61. The maximum atomic E-state index is 3.52. The molecule has 0 spiro atoms. The lowest BCUT2D eigenvalue weighted by Gasteiger charge is -2.35. The molecule has 92 valence electrons. The lowest BCUT2D eigenvalue weighted by molar-refractivity contribution is 0.374. The molecule has 3 rings (SSSR count). The van der Waals surface area contributed by atoms with E-state index < -0.39 is 0 Å². The van der Waals surface area contributed by atoms with Crippen molar-refractivity contribution in [2.24, 2.45) is 5.92 Å². The number of para-hydroxylation sites is 1. The lowest BCUT2D eigenvalue weighted by atomic mass is 9.96. The maximum Gasteiger partial charge on any atom is 0.0398 e. The third-order valence-corrected chi connectivity index (χ3v) is 4.08. The van der Waals surface area contributed by atoms with Crippen LogP contribution in [0.1, 0.15) is 24.8 Å². The smallest absolute Gasteiger partial charge is 0.0398 e. The van der Waals surface area contributed by atoms with Gasteiger partial charge in [0.15, 0.2) is 0 Å². The van der Waals surface area contributed by atoms with E-state index in [4.69, 9.17) is 0 Å². The summed E-state index contributed by atoms with van der Waals surface area (Å²) < 4.78 is 0. The standard InChI is InChI=1S/C15H22N2/c1-2-8-15-14(6-1)7-4-10-17(15)12-13-5-3-9-16-11-13/h1-2,6,8,13,16H,3-5,7,9-12H2/t13-/m0/s1. The first kappa shape index (κ1) is 11.1. The highest BCUT2D eigenvalue weighted by Crippen LogP contribution is 2.28. The normalized spacial score (nSPS) is 24.5. The quantitative estimate of drug-likeness (QED) is 0.839. The number of benzene rings is 1. The van der Waals surface area contributed by atoms with Crippen LogP contribution in [0.5, 0.6) is 0 Å². The van der Waals surface area contributed by atoms with Crippen LogP contribution >= 0.6 is 0 Å². The van der Waals surface area contributed by atoms with Crippen molar-refractivity contribution in [2.75, 3.05) is 31.1 Å². The summed E-state index contributed by atoms with van der Waals surface area (Å²) in [5, 5.41) is 3.52. The Labute approximate surface area is 104 Å². The minimum Gasteiger partial charge on any atom is -0.371 e. The van der Waals surface area contributed by atoms with E-state index in [0.29, 0.717) is 0 Å². The molecule has 1 atom stereocenters. The monoisotopic (exact) mass is 230 g/mol. The summed E-state index contributed by atoms with van der Waals surface area (Å²) in [5.74, 6) is 0.843. The minimum atomic E-state index is 0.843. The van der Waals surface area contributed by atoms with E-state index in [1.807, 2.05) is 0 Å². The van der Waals surface area contributed by atoms with Gasteiger partial charge in [-0.1, -0.05) is 18.2 Å². The summed E-state index contributed by atoms with van der Waals surface area (Å²) in [6, 6.07) is 8.94. The zero-order valence-corrected chi connectivity index (χ0v) is 10.5. The Morgan fingerprint density at radius 2 is 2.18 bits per heavy atom. The molecule has 0 unspecified atom stereocenters. The van der Waals surface area contributed by atoms with Crippen molar-refractivity contribution in [1.82, 2.24) is 5.32 Å². The topological polar surface area (TPSA) is 15.3 Å². The second-order valence-electron chi connectivity index (χ2n) is 5.39. The Balaban J connectivity index is 1.71. The summed E-state index contributed by atoms with van der Waals surface area (Å²) in [6.45, 7) is 4.91. The molecule has 1 saturated heterocycles. The molecule has 0 bridgehead atoms. The first-order valence-electron chi connectivity index (χ1n) is 6.97. The molecule has 1 fully saturated rings. The molecule has 2 heterocycles. The Kier molecular flexibility index (Phi) is 3.32. The number of hydrogen-bond acceptors (Lipinski definition) is 2. The largest absolute Gasteiger partial charge is 0.371 e. The summed E-state index contributed by atoms with van der Waals surface area (Å²) in [7, 11) is 0. The Hall–Kier alpha value is -1.02. The molecule has 2 aliphatic rings. The van der Waals surface area contributed by atoms with Crippen molar-refractivity contribution >= 4 is 5.69 Å². The Bertz CT molecular complexity index is 369. The van der Waals surface area contributed by atoms with Gasteiger partial charge in [-0.05, 0) is 56.3 Å². The van der Waals surface area contributed by atoms with Gasteiger partial charge in [-0.3, -0.25) is 0 Å². The van der Waals surface area contributed by atoms with Gasteiger partial charge < -0.3 is 10.2 Å². The second kappa shape index (κ2) is 5.09. The van der Waals surface area contributed by atoms with Gasteiger partial charge in [-0.25, -0.2) is 0 Å². The van der Waals surface area contributed by atoms with Gasteiger partial charge in [0.1, 0.15) is 0 Å². The van der Waals surface area contributed by atoms with Gasteiger partial charge in [0, 0.05) is 18.8 Å². The molecule has 0 saturated carbocycles. The maximum absolute atomic E-state index is 3.52. The predicted octanol–water partition coefficient (Wildman–Crippen LogP) is 2.44. The second-order valence-corrected chi connectivity index (χ2v) is 5.39. The number of aryl methyl sites for hydroxylation is 1. The van der Waals surface area contributed by atoms with Crippen LogP contribution in [-0.2, 0) is 6.42 Å². The third-order valence-electron chi connectivity index (χ3n) is 4.08. The van der Waals surface area contributed by atoms with Crippen molar-refractivity contribution in [3.05, 3.63) is 29.8 Å². The minimum absolute atomic E-state index is 0.843. The fourth-order valence-corrected chi connectivity index (χ4v) is 3.19. The van der Waals surface area contributed by atoms with Gasteiger partial charge in [-0.15, -0.1) is 0 Å². The third kappa shape index (κ3) is 2.47. The van der Waals surface area contributed by atoms with Crippen molar-refractivity contribution in [3.8, 4) is 0 Å². The van der Waals surface area contributed by atoms with E-state index >= 15 is 0 Å². The van der Waals surface area contributed by atoms with Crippen LogP contribution in [0.2, 0.25) is 0 Å². The molecule has 2 heteroatoms. The molecule has 17 heavy (non-hydrogen) atoms. The summed E-state index contributed by atoms with van der Waals surface area (Å²) in [6.07, 6.45) is 5.32. The Morgan fingerprint density at radius 1 is 1.24 bits per heavy atom. The predicted molar refractivity (Wildman–Crippen MR) is 72.6 cm³/mol. The van der Waals surface area contributed by atoms with Crippen molar-refractivity contribution in [3.63, 3.8) is 0 Å². The highest BCUT2D eigenvalue weighted by Gasteiger charge is 2.21. The average molecular weight is 230 g/mol. The number of rotatable bonds is 2. The summed E-state index contributed by atoms with van der Waals surface area (Å²) >= 11 is 0. The van der Waals surface area contributed by atoms with Crippen LogP contribution in [0, 0.1) is 5.92 Å². The van der Waals surface area contributed by atoms with Crippen molar-refractivity contribution in [2.45, 2.75) is 25.7 Å². The number of anilines is 1. The first-order chi connectivity index (χ1) is 8.43. The van der Waals surface area contributed by atoms with Crippen LogP contribution in [0.4, 0.5) is 5.69 Å². The molecular weight excluding hydrogens is 208 g/mol. The molecule has 2 nitrogen and oxygen atoms in total. The number of hydrogen-bond donors (Lipinski definition) is 1. The van der Waals surface area contributed by atoms with E-state index in [9.17, 15) is 0 Å². The fraction of sp³-hybridized carbons (Fsp3) is 0.600. The van der Waals surface area contributed by atoms with Gasteiger partial charge in [0.05, 0.1) is 0 Å². The molecule has 1 N–H and O–H groups in total. The number of fused-ring (bicyclic) bond motifs is 1. The number of piperidine rings is 1. The van der Waals surface area contributed by atoms with Crippen LogP contribution in [-0.4, -0.2) is 26.2 Å². The van der Waals surface area contributed by atoms with Crippen molar-refractivity contribution in [1.29, 1.82) is 0 Å². The summed E-state index contributed by atoms with van der Waals surface area (Å²) in [5.41, 5.74) is 3.03. The van der Waals surface area contributed by atoms with E-state index in [-0.39, 0.29) is 0 Å². The molecule has 0 aliphatic carbocycles.